The summed E-state index contributed by atoms with van der Waals surface area (Å²) in [6.07, 6.45) is 10.4. The molecule has 0 heterocycles. The Hall–Kier alpha value is -2.04. The van der Waals surface area contributed by atoms with E-state index in [1.165, 1.54) is 17.7 Å². The van der Waals surface area contributed by atoms with Crippen molar-refractivity contribution >= 4 is 0 Å². The number of hydrogen-bond donors (Lipinski definition) is 3. The Morgan fingerprint density at radius 3 is 2.71 bits per heavy atom. The summed E-state index contributed by atoms with van der Waals surface area (Å²) < 4.78 is 0. The second kappa shape index (κ2) is 7.11. The normalized spacial score (nSPS) is 15.9. The molecule has 4 heteroatoms. The highest BCUT2D eigenvalue weighted by atomic mass is 16.3. The van der Waals surface area contributed by atoms with Crippen LogP contribution in [0.5, 0.6) is 11.5 Å². The van der Waals surface area contributed by atoms with Crippen LogP contribution in [0.3, 0.4) is 0 Å². The van der Waals surface area contributed by atoms with Crippen LogP contribution in [0.4, 0.5) is 0 Å². The molecule has 1 aromatic carbocycles. The van der Waals surface area contributed by atoms with Gasteiger partial charge in [-0.1, -0.05) is 42.0 Å². The van der Waals surface area contributed by atoms with Gasteiger partial charge in [-0.05, 0) is 31.2 Å². The van der Waals surface area contributed by atoms with E-state index in [2.05, 4.69) is 12.2 Å². The van der Waals surface area contributed by atoms with Crippen LogP contribution < -0.4 is 0 Å². The second-order valence-corrected chi connectivity index (χ2v) is 5.30. The molecule has 0 aromatic heterocycles. The van der Waals surface area contributed by atoms with E-state index in [1.807, 2.05) is 30.2 Å². The monoisotopic (exact) mass is 287 g/mol. The molecule has 1 aromatic rings. The maximum absolute atomic E-state index is 10.2. The van der Waals surface area contributed by atoms with Crippen molar-refractivity contribution in [1.82, 2.24) is 4.90 Å². The Labute approximate surface area is 125 Å². The van der Waals surface area contributed by atoms with Gasteiger partial charge in [0.2, 0.25) is 0 Å². The second-order valence-electron chi connectivity index (χ2n) is 5.30. The largest absolute Gasteiger partial charge is 0.504 e. The van der Waals surface area contributed by atoms with Crippen molar-refractivity contribution in [2.45, 2.75) is 12.5 Å². The molecule has 0 saturated carbocycles. The summed E-state index contributed by atoms with van der Waals surface area (Å²) in [6.45, 7) is 1.23. The molecule has 0 bridgehead atoms. The van der Waals surface area contributed by atoms with E-state index in [0.29, 0.717) is 12.1 Å². The fraction of sp³-hybridized carbons (Fsp3) is 0.294. The molecule has 1 atom stereocenters. The topological polar surface area (TPSA) is 63.9 Å². The van der Waals surface area contributed by atoms with E-state index in [9.17, 15) is 15.3 Å². The SMILES string of the molecule is CN(CC1=CC=CC=CC1)CC(O)c1ccc(O)c(O)c1. The van der Waals surface area contributed by atoms with E-state index in [1.54, 1.807) is 6.07 Å². The van der Waals surface area contributed by atoms with Crippen molar-refractivity contribution in [2.24, 2.45) is 0 Å². The van der Waals surface area contributed by atoms with Gasteiger partial charge in [-0.15, -0.1) is 0 Å². The number of phenolic OH excluding ortho intramolecular Hbond substituents is 2. The molecule has 112 valence electrons. The molecule has 0 amide bonds. The van der Waals surface area contributed by atoms with Crippen molar-refractivity contribution < 1.29 is 15.3 Å². The van der Waals surface area contributed by atoms with Crippen LogP contribution in [-0.4, -0.2) is 40.4 Å². The third-order valence-electron chi connectivity index (χ3n) is 3.41. The van der Waals surface area contributed by atoms with Crippen LogP contribution in [0.25, 0.3) is 0 Å². The van der Waals surface area contributed by atoms with Gasteiger partial charge in [0.05, 0.1) is 6.10 Å². The minimum absolute atomic E-state index is 0.179. The maximum Gasteiger partial charge on any atom is 0.157 e. The first-order chi connectivity index (χ1) is 10.1. The van der Waals surface area contributed by atoms with Gasteiger partial charge >= 0.3 is 0 Å². The number of aliphatic hydroxyl groups excluding tert-OH is 1. The molecule has 0 radical (unpaired) electrons. The van der Waals surface area contributed by atoms with Crippen molar-refractivity contribution in [2.75, 3.05) is 20.1 Å². The number of nitrogens with zero attached hydrogens (tertiary/aromatic N) is 1. The van der Waals surface area contributed by atoms with Crippen molar-refractivity contribution in [1.29, 1.82) is 0 Å². The van der Waals surface area contributed by atoms with Crippen molar-refractivity contribution in [3.8, 4) is 11.5 Å². The first kappa shape index (κ1) is 15.4. The fourth-order valence-electron chi connectivity index (χ4n) is 2.30. The lowest BCUT2D eigenvalue weighted by atomic mass is 10.1. The Kier molecular flexibility index (Phi) is 5.20. The predicted molar refractivity (Wildman–Crippen MR) is 83.2 cm³/mol. The van der Waals surface area contributed by atoms with Crippen LogP contribution in [0, 0.1) is 0 Å². The number of hydrogen-bond acceptors (Lipinski definition) is 4. The van der Waals surface area contributed by atoms with Gasteiger partial charge in [0.25, 0.3) is 0 Å². The van der Waals surface area contributed by atoms with Gasteiger partial charge in [-0.25, -0.2) is 0 Å². The minimum Gasteiger partial charge on any atom is -0.504 e. The molecule has 0 fully saturated rings. The van der Waals surface area contributed by atoms with Crippen LogP contribution in [0.2, 0.25) is 0 Å². The van der Waals surface area contributed by atoms with Gasteiger partial charge in [0, 0.05) is 13.1 Å². The van der Waals surface area contributed by atoms with Crippen LogP contribution in [0.1, 0.15) is 18.1 Å². The summed E-state index contributed by atoms with van der Waals surface area (Å²) in [4.78, 5) is 2.04. The molecular formula is C17H21NO3. The van der Waals surface area contributed by atoms with Gasteiger partial charge < -0.3 is 15.3 Å². The summed E-state index contributed by atoms with van der Waals surface area (Å²) in [7, 11) is 1.95. The number of rotatable bonds is 5. The van der Waals surface area contributed by atoms with E-state index < -0.39 is 6.10 Å². The van der Waals surface area contributed by atoms with E-state index >= 15 is 0 Å². The summed E-state index contributed by atoms with van der Waals surface area (Å²) in [5.74, 6) is -0.391. The number of allylic oxidation sites excluding steroid dienone is 5. The van der Waals surface area contributed by atoms with E-state index in [0.717, 1.165) is 13.0 Å². The Morgan fingerprint density at radius 2 is 1.95 bits per heavy atom. The highest BCUT2D eigenvalue weighted by molar-refractivity contribution is 5.41. The molecule has 1 unspecified atom stereocenters. The lowest BCUT2D eigenvalue weighted by Crippen LogP contribution is -2.26. The molecule has 0 saturated heterocycles. The summed E-state index contributed by atoms with van der Waals surface area (Å²) in [5, 5.41) is 29.0. The molecule has 1 aliphatic carbocycles. The van der Waals surface area contributed by atoms with Crippen LogP contribution in [0.15, 0.2) is 54.2 Å². The molecular weight excluding hydrogens is 266 g/mol. The Balaban J connectivity index is 1.93. The highest BCUT2D eigenvalue weighted by Crippen LogP contribution is 2.28. The number of benzene rings is 1. The average Bonchev–Trinajstić information content (AvgIpc) is 2.70. The van der Waals surface area contributed by atoms with Gasteiger partial charge in [-0.2, -0.15) is 0 Å². The third kappa shape index (κ3) is 4.48. The summed E-state index contributed by atoms with van der Waals surface area (Å²) in [5.41, 5.74) is 1.87. The third-order valence-corrected chi connectivity index (χ3v) is 3.41. The zero-order valence-electron chi connectivity index (χ0n) is 12.1. The number of likely N-dealkylation sites (N-methyl/N-ethyl adjacent to an activating group) is 1. The minimum atomic E-state index is -0.709. The predicted octanol–water partition coefficient (Wildman–Crippen LogP) is 2.51. The van der Waals surface area contributed by atoms with Gasteiger partial charge in [-0.3, -0.25) is 4.90 Å². The maximum atomic E-state index is 10.2. The standard InChI is InChI=1S/C17H21NO3/c1-18(11-13-6-4-2-3-5-7-13)12-17(21)14-8-9-15(19)16(20)10-14/h2-6,8-10,17,19-21H,7,11-12H2,1H3. The van der Waals surface area contributed by atoms with E-state index in [4.69, 9.17) is 0 Å². The zero-order valence-corrected chi connectivity index (χ0v) is 12.1. The van der Waals surface area contributed by atoms with Gasteiger partial charge in [0.15, 0.2) is 11.5 Å². The van der Waals surface area contributed by atoms with Crippen LogP contribution in [-0.2, 0) is 0 Å². The molecule has 3 N–H and O–H groups in total. The molecule has 21 heavy (non-hydrogen) atoms. The smallest absolute Gasteiger partial charge is 0.157 e. The Bertz CT molecular complexity index is 575. The number of phenols is 2. The molecule has 1 aliphatic rings. The Morgan fingerprint density at radius 1 is 1.14 bits per heavy atom. The number of aromatic hydroxyl groups is 2. The van der Waals surface area contributed by atoms with Crippen molar-refractivity contribution in [3.05, 3.63) is 59.7 Å². The summed E-state index contributed by atoms with van der Waals surface area (Å²) >= 11 is 0. The lowest BCUT2D eigenvalue weighted by Gasteiger charge is -2.22. The number of aliphatic hydroxyl groups is 1. The molecule has 2 rings (SSSR count). The fourth-order valence-corrected chi connectivity index (χ4v) is 2.30. The first-order valence-electron chi connectivity index (χ1n) is 6.96. The molecule has 0 aliphatic heterocycles. The lowest BCUT2D eigenvalue weighted by molar-refractivity contribution is 0.130. The first-order valence-corrected chi connectivity index (χ1v) is 6.96. The van der Waals surface area contributed by atoms with Crippen LogP contribution >= 0.6 is 0 Å². The van der Waals surface area contributed by atoms with Crippen molar-refractivity contribution in [3.63, 3.8) is 0 Å². The zero-order chi connectivity index (χ0) is 15.2. The quantitative estimate of drug-likeness (QED) is 0.728. The summed E-state index contributed by atoms with van der Waals surface area (Å²) in [6, 6.07) is 4.39. The molecule has 4 nitrogen and oxygen atoms in total. The van der Waals surface area contributed by atoms with Gasteiger partial charge in [0.1, 0.15) is 0 Å². The van der Waals surface area contributed by atoms with E-state index in [-0.39, 0.29) is 11.5 Å². The molecule has 0 spiro atoms. The highest BCUT2D eigenvalue weighted by Gasteiger charge is 2.13. The average molecular weight is 287 g/mol.